The molecule has 18 heavy (non-hydrogen) atoms. The van der Waals surface area contributed by atoms with E-state index in [9.17, 15) is 0 Å². The molecule has 1 saturated heterocycles. The van der Waals surface area contributed by atoms with Crippen molar-refractivity contribution in [1.82, 2.24) is 10.2 Å². The van der Waals surface area contributed by atoms with E-state index >= 15 is 0 Å². The number of ether oxygens (including phenoxy) is 1. The first kappa shape index (κ1) is 15.9. The van der Waals surface area contributed by atoms with E-state index < -0.39 is 0 Å². The Morgan fingerprint density at radius 1 is 1.28 bits per heavy atom. The molecule has 0 radical (unpaired) electrons. The van der Waals surface area contributed by atoms with Gasteiger partial charge >= 0.3 is 0 Å². The zero-order valence-electron chi connectivity index (χ0n) is 13.2. The summed E-state index contributed by atoms with van der Waals surface area (Å²) in [6, 6.07) is 0.589. The smallest absolute Gasteiger partial charge is 0.0600 e. The molecule has 1 aliphatic rings. The van der Waals surface area contributed by atoms with Crippen LogP contribution in [0.5, 0.6) is 0 Å². The van der Waals surface area contributed by atoms with Crippen molar-refractivity contribution in [2.24, 2.45) is 0 Å². The zero-order chi connectivity index (χ0) is 13.8. The van der Waals surface area contributed by atoms with Gasteiger partial charge < -0.3 is 10.1 Å². The molecule has 3 nitrogen and oxygen atoms in total. The Hall–Kier alpha value is -0.120. The Morgan fingerprint density at radius 3 is 2.39 bits per heavy atom. The van der Waals surface area contributed by atoms with E-state index in [1.807, 2.05) is 0 Å². The first-order valence-electron chi connectivity index (χ1n) is 7.45. The summed E-state index contributed by atoms with van der Waals surface area (Å²) in [6.07, 6.45) is 2.41. The lowest BCUT2D eigenvalue weighted by Crippen LogP contribution is -2.64. The van der Waals surface area contributed by atoms with Crippen LogP contribution in [0.1, 0.15) is 54.4 Å². The number of piperazine rings is 1. The summed E-state index contributed by atoms with van der Waals surface area (Å²) in [5.74, 6) is 0. The second-order valence-electron chi connectivity index (χ2n) is 6.62. The van der Waals surface area contributed by atoms with Gasteiger partial charge in [-0.2, -0.15) is 0 Å². The van der Waals surface area contributed by atoms with E-state index in [2.05, 4.69) is 51.8 Å². The summed E-state index contributed by atoms with van der Waals surface area (Å²) in [5.41, 5.74) is 0.300. The molecule has 108 valence electrons. The van der Waals surface area contributed by atoms with Gasteiger partial charge in [-0.15, -0.1) is 0 Å². The summed E-state index contributed by atoms with van der Waals surface area (Å²) >= 11 is 0. The third-order valence-corrected chi connectivity index (χ3v) is 4.16. The average molecular weight is 256 g/mol. The fourth-order valence-electron chi connectivity index (χ4n) is 2.80. The van der Waals surface area contributed by atoms with Gasteiger partial charge in [0.2, 0.25) is 0 Å². The highest BCUT2D eigenvalue weighted by molar-refractivity contribution is 4.96. The molecule has 1 fully saturated rings. The molecule has 0 spiro atoms. The van der Waals surface area contributed by atoms with Crippen molar-refractivity contribution in [3.8, 4) is 0 Å². The van der Waals surface area contributed by atoms with Crippen LogP contribution in [-0.4, -0.2) is 48.3 Å². The third kappa shape index (κ3) is 4.22. The zero-order valence-corrected chi connectivity index (χ0v) is 13.2. The standard InChI is InChI=1S/C15H32N2O/c1-7-15(8-2)12-16-13(3)11-17(15)9-10-18-14(4,5)6/h13,16H,7-12H2,1-6H3. The maximum atomic E-state index is 5.89. The summed E-state index contributed by atoms with van der Waals surface area (Å²) in [5, 5.41) is 3.63. The van der Waals surface area contributed by atoms with Crippen molar-refractivity contribution in [2.75, 3.05) is 26.2 Å². The lowest BCUT2D eigenvalue weighted by molar-refractivity contribution is -0.0409. The van der Waals surface area contributed by atoms with Crippen molar-refractivity contribution in [2.45, 2.75) is 71.6 Å². The summed E-state index contributed by atoms with van der Waals surface area (Å²) in [6.45, 7) is 17.4. The Morgan fingerprint density at radius 2 is 1.89 bits per heavy atom. The van der Waals surface area contributed by atoms with Gasteiger partial charge in [0.05, 0.1) is 12.2 Å². The SMILES string of the molecule is CCC1(CC)CNC(C)CN1CCOC(C)(C)C. The van der Waals surface area contributed by atoms with E-state index in [0.29, 0.717) is 11.6 Å². The highest BCUT2D eigenvalue weighted by Crippen LogP contribution is 2.26. The molecule has 0 saturated carbocycles. The second-order valence-corrected chi connectivity index (χ2v) is 6.62. The van der Waals surface area contributed by atoms with Crippen LogP contribution in [0.15, 0.2) is 0 Å². The average Bonchev–Trinajstić information content (AvgIpc) is 2.28. The molecule has 1 heterocycles. The van der Waals surface area contributed by atoms with Crippen molar-refractivity contribution in [1.29, 1.82) is 0 Å². The van der Waals surface area contributed by atoms with Crippen LogP contribution in [0.25, 0.3) is 0 Å². The largest absolute Gasteiger partial charge is 0.375 e. The van der Waals surface area contributed by atoms with Gasteiger partial charge in [0.15, 0.2) is 0 Å². The van der Waals surface area contributed by atoms with Gasteiger partial charge in [-0.05, 0) is 40.5 Å². The normalized spacial score (nSPS) is 25.3. The Bertz CT molecular complexity index is 243. The molecule has 0 aromatic carbocycles. The van der Waals surface area contributed by atoms with Crippen LogP contribution in [0.4, 0.5) is 0 Å². The van der Waals surface area contributed by atoms with Crippen molar-refractivity contribution >= 4 is 0 Å². The number of hydrogen-bond donors (Lipinski definition) is 1. The fourth-order valence-corrected chi connectivity index (χ4v) is 2.80. The van der Waals surface area contributed by atoms with Crippen molar-refractivity contribution < 1.29 is 4.74 Å². The lowest BCUT2D eigenvalue weighted by atomic mass is 9.87. The number of nitrogens with one attached hydrogen (secondary N) is 1. The molecule has 1 N–H and O–H groups in total. The van der Waals surface area contributed by atoms with E-state index in [0.717, 1.165) is 26.2 Å². The molecule has 0 aromatic heterocycles. The van der Waals surface area contributed by atoms with Crippen LogP contribution in [0, 0.1) is 0 Å². The highest BCUT2D eigenvalue weighted by Gasteiger charge is 2.37. The fraction of sp³-hybridized carbons (Fsp3) is 1.00. The predicted molar refractivity (Wildman–Crippen MR) is 78.1 cm³/mol. The van der Waals surface area contributed by atoms with Gasteiger partial charge in [-0.25, -0.2) is 0 Å². The van der Waals surface area contributed by atoms with Crippen LogP contribution in [0.2, 0.25) is 0 Å². The summed E-state index contributed by atoms with van der Waals surface area (Å²) in [7, 11) is 0. The highest BCUT2D eigenvalue weighted by atomic mass is 16.5. The Kier molecular flexibility index (Phi) is 5.63. The topological polar surface area (TPSA) is 24.5 Å². The van der Waals surface area contributed by atoms with E-state index in [1.54, 1.807) is 0 Å². The van der Waals surface area contributed by atoms with Gasteiger partial charge in [0, 0.05) is 31.2 Å². The predicted octanol–water partition coefficient (Wildman–Crippen LogP) is 2.65. The molecular formula is C15H32N2O. The lowest BCUT2D eigenvalue weighted by Gasteiger charge is -2.49. The van der Waals surface area contributed by atoms with Crippen LogP contribution < -0.4 is 5.32 Å². The molecule has 0 aliphatic carbocycles. The molecule has 0 aromatic rings. The van der Waals surface area contributed by atoms with Gasteiger partial charge in [0.25, 0.3) is 0 Å². The first-order chi connectivity index (χ1) is 8.33. The minimum absolute atomic E-state index is 0.0270. The van der Waals surface area contributed by atoms with Crippen LogP contribution in [0.3, 0.4) is 0 Å². The first-order valence-corrected chi connectivity index (χ1v) is 7.45. The van der Waals surface area contributed by atoms with E-state index in [-0.39, 0.29) is 5.60 Å². The molecule has 1 unspecified atom stereocenters. The summed E-state index contributed by atoms with van der Waals surface area (Å²) < 4.78 is 5.89. The summed E-state index contributed by atoms with van der Waals surface area (Å²) in [4.78, 5) is 2.64. The van der Waals surface area contributed by atoms with Gasteiger partial charge in [-0.1, -0.05) is 13.8 Å². The number of hydrogen-bond acceptors (Lipinski definition) is 3. The number of rotatable bonds is 5. The van der Waals surface area contributed by atoms with E-state index in [4.69, 9.17) is 4.74 Å². The maximum absolute atomic E-state index is 5.89. The van der Waals surface area contributed by atoms with Crippen molar-refractivity contribution in [3.63, 3.8) is 0 Å². The maximum Gasteiger partial charge on any atom is 0.0600 e. The Labute approximate surface area is 113 Å². The molecule has 0 amide bonds. The second kappa shape index (κ2) is 6.36. The molecule has 0 bridgehead atoms. The molecule has 1 rings (SSSR count). The monoisotopic (exact) mass is 256 g/mol. The molecular weight excluding hydrogens is 224 g/mol. The third-order valence-electron chi connectivity index (χ3n) is 4.16. The molecule has 1 aliphatic heterocycles. The van der Waals surface area contributed by atoms with Gasteiger partial charge in [-0.3, -0.25) is 4.90 Å². The van der Waals surface area contributed by atoms with Crippen LogP contribution in [-0.2, 0) is 4.74 Å². The van der Waals surface area contributed by atoms with E-state index in [1.165, 1.54) is 12.8 Å². The molecule has 1 atom stereocenters. The quantitative estimate of drug-likeness (QED) is 0.818. The Balaban J connectivity index is 2.57. The van der Waals surface area contributed by atoms with Crippen LogP contribution >= 0.6 is 0 Å². The number of nitrogens with zero attached hydrogens (tertiary/aromatic N) is 1. The van der Waals surface area contributed by atoms with Crippen molar-refractivity contribution in [3.05, 3.63) is 0 Å². The molecule has 3 heteroatoms. The van der Waals surface area contributed by atoms with Gasteiger partial charge in [0.1, 0.15) is 0 Å². The minimum atomic E-state index is -0.0270. The minimum Gasteiger partial charge on any atom is -0.375 e.